The van der Waals surface area contributed by atoms with E-state index in [1.54, 1.807) is 0 Å². The van der Waals surface area contributed by atoms with E-state index in [9.17, 15) is 18.7 Å². The molecule has 1 saturated heterocycles. The normalized spacial score (nSPS) is 27.7. The van der Waals surface area contributed by atoms with Crippen molar-refractivity contribution in [2.75, 3.05) is 18.9 Å². The molecule has 1 aliphatic heterocycles. The molecule has 1 fully saturated rings. The molecule has 3 atom stereocenters. The number of aromatic nitrogens is 2. The zero-order valence-corrected chi connectivity index (χ0v) is 11.0. The lowest BCUT2D eigenvalue weighted by Gasteiger charge is -2.20. The maximum atomic E-state index is 14.1. The minimum atomic E-state index is -3.66. The predicted molar refractivity (Wildman–Crippen MR) is 68.8 cm³/mol. The van der Waals surface area contributed by atoms with Crippen molar-refractivity contribution < 1.29 is 23.4 Å². The summed E-state index contributed by atoms with van der Waals surface area (Å²) in [6.07, 6.45) is -2.86. The maximum Gasteiger partial charge on any atom is 0.351 e. The van der Waals surface area contributed by atoms with Crippen molar-refractivity contribution in [1.82, 2.24) is 9.55 Å². The first-order valence-corrected chi connectivity index (χ1v) is 6.12. The number of aliphatic hydroxyl groups excluding tert-OH is 1. The van der Waals surface area contributed by atoms with Gasteiger partial charge in [0.15, 0.2) is 6.10 Å². The van der Waals surface area contributed by atoms with Crippen LogP contribution in [-0.4, -0.2) is 46.0 Å². The Morgan fingerprint density at radius 1 is 1.67 bits per heavy atom. The number of alkyl halides is 2. The van der Waals surface area contributed by atoms with Crippen molar-refractivity contribution in [3.8, 4) is 0 Å². The van der Waals surface area contributed by atoms with Crippen LogP contribution >= 0.6 is 0 Å². The van der Waals surface area contributed by atoms with Crippen LogP contribution in [0.4, 0.5) is 14.6 Å². The number of halogens is 2. The highest BCUT2D eigenvalue weighted by molar-refractivity contribution is 5.23. The molecule has 1 aromatic rings. The molecular weight excluding hydrogens is 288 g/mol. The second-order valence-electron chi connectivity index (χ2n) is 4.51. The number of nitrogen functional groups attached to an aromatic ring is 1. The summed E-state index contributed by atoms with van der Waals surface area (Å²) in [5, 5.41) is 9.65. The molecule has 7 nitrogen and oxygen atoms in total. The first-order valence-electron chi connectivity index (χ1n) is 6.12. The van der Waals surface area contributed by atoms with Crippen molar-refractivity contribution in [3.05, 3.63) is 35.4 Å². The standard InChI is InChI=1S/C12H15F2N3O4/c1-2-5-20-6-7-9(18)12(13,14)10(21-7)17-4-3-8(15)16-11(17)19/h2-4,7,9-10,18H,1,5-6H2,(H2,15,16,19)/t7-,9?,10-/m1/s1. The van der Waals surface area contributed by atoms with Gasteiger partial charge in [0.05, 0.1) is 13.2 Å². The fraction of sp³-hybridized carbons (Fsp3) is 0.500. The fourth-order valence-corrected chi connectivity index (χ4v) is 1.98. The number of hydrogen-bond donors (Lipinski definition) is 2. The van der Waals surface area contributed by atoms with Gasteiger partial charge >= 0.3 is 11.6 Å². The van der Waals surface area contributed by atoms with Crippen LogP contribution in [0, 0.1) is 0 Å². The van der Waals surface area contributed by atoms with E-state index >= 15 is 0 Å². The van der Waals surface area contributed by atoms with Gasteiger partial charge in [0.2, 0.25) is 6.23 Å². The summed E-state index contributed by atoms with van der Waals surface area (Å²) in [5.74, 6) is -3.76. The third-order valence-corrected chi connectivity index (χ3v) is 3.00. The minimum Gasteiger partial charge on any atom is -0.384 e. The molecule has 1 aromatic heterocycles. The third kappa shape index (κ3) is 2.94. The van der Waals surface area contributed by atoms with Crippen LogP contribution in [0.1, 0.15) is 6.23 Å². The van der Waals surface area contributed by atoms with Crippen LogP contribution in [0.25, 0.3) is 0 Å². The first-order chi connectivity index (χ1) is 9.87. The summed E-state index contributed by atoms with van der Waals surface area (Å²) >= 11 is 0. The molecule has 0 saturated carbocycles. The lowest BCUT2D eigenvalue weighted by Crippen LogP contribution is -2.42. The molecular formula is C12H15F2N3O4. The van der Waals surface area contributed by atoms with Crippen molar-refractivity contribution in [2.45, 2.75) is 24.4 Å². The van der Waals surface area contributed by atoms with Crippen molar-refractivity contribution >= 4 is 5.82 Å². The van der Waals surface area contributed by atoms with Gasteiger partial charge in [-0.05, 0) is 6.07 Å². The van der Waals surface area contributed by atoms with Gasteiger partial charge in [0.25, 0.3) is 0 Å². The molecule has 9 heteroatoms. The molecule has 2 rings (SSSR count). The topological polar surface area (TPSA) is 99.6 Å². The monoisotopic (exact) mass is 303 g/mol. The molecule has 2 heterocycles. The Balaban J connectivity index is 2.23. The fourth-order valence-electron chi connectivity index (χ4n) is 1.98. The highest BCUT2D eigenvalue weighted by Gasteiger charge is 2.59. The van der Waals surface area contributed by atoms with E-state index in [4.69, 9.17) is 15.2 Å². The van der Waals surface area contributed by atoms with Gasteiger partial charge in [-0.1, -0.05) is 6.08 Å². The van der Waals surface area contributed by atoms with Gasteiger partial charge in [-0.15, -0.1) is 6.58 Å². The van der Waals surface area contributed by atoms with Gasteiger partial charge in [0.1, 0.15) is 11.9 Å². The molecule has 0 aliphatic carbocycles. The second kappa shape index (κ2) is 5.88. The van der Waals surface area contributed by atoms with Crippen molar-refractivity contribution in [1.29, 1.82) is 0 Å². The SMILES string of the molecule is C=CCOC[C@H]1O[C@@H](n2ccc(N)nc2=O)C(F)(F)C1O. The lowest BCUT2D eigenvalue weighted by atomic mass is 10.1. The van der Waals surface area contributed by atoms with Gasteiger partial charge in [-0.25, -0.2) is 4.79 Å². The zero-order valence-electron chi connectivity index (χ0n) is 11.0. The summed E-state index contributed by atoms with van der Waals surface area (Å²) in [4.78, 5) is 15.0. The van der Waals surface area contributed by atoms with E-state index in [-0.39, 0.29) is 19.0 Å². The molecule has 0 radical (unpaired) electrons. The summed E-state index contributed by atoms with van der Waals surface area (Å²) < 4.78 is 38.8. The lowest BCUT2D eigenvalue weighted by molar-refractivity contribution is -0.141. The van der Waals surface area contributed by atoms with E-state index in [0.717, 1.165) is 6.20 Å². The van der Waals surface area contributed by atoms with Crippen LogP contribution in [0.5, 0.6) is 0 Å². The third-order valence-electron chi connectivity index (χ3n) is 3.00. The maximum absolute atomic E-state index is 14.1. The molecule has 0 amide bonds. The van der Waals surface area contributed by atoms with Crippen LogP contribution in [0.3, 0.4) is 0 Å². The zero-order chi connectivity index (χ0) is 15.6. The summed E-state index contributed by atoms with van der Waals surface area (Å²) in [6, 6.07) is 1.19. The Morgan fingerprint density at radius 2 is 2.38 bits per heavy atom. The number of ether oxygens (including phenoxy) is 2. The molecule has 21 heavy (non-hydrogen) atoms. The van der Waals surface area contributed by atoms with Crippen LogP contribution < -0.4 is 11.4 Å². The van der Waals surface area contributed by atoms with Gasteiger partial charge in [-0.2, -0.15) is 13.8 Å². The van der Waals surface area contributed by atoms with Gasteiger partial charge in [-0.3, -0.25) is 4.57 Å². The summed E-state index contributed by atoms with van der Waals surface area (Å²) in [5.41, 5.74) is 4.31. The van der Waals surface area contributed by atoms with Crippen LogP contribution in [0.2, 0.25) is 0 Å². The van der Waals surface area contributed by atoms with Gasteiger partial charge < -0.3 is 20.3 Å². The van der Waals surface area contributed by atoms with E-state index in [0.29, 0.717) is 4.57 Å². The van der Waals surface area contributed by atoms with Gasteiger partial charge in [0, 0.05) is 6.20 Å². The van der Waals surface area contributed by atoms with E-state index in [1.165, 1.54) is 12.1 Å². The Kier molecular flexibility index (Phi) is 4.35. The van der Waals surface area contributed by atoms with E-state index in [1.807, 2.05) is 0 Å². The smallest absolute Gasteiger partial charge is 0.351 e. The van der Waals surface area contributed by atoms with E-state index < -0.39 is 30.0 Å². The molecule has 1 unspecified atom stereocenters. The first kappa shape index (κ1) is 15.5. The Hall–Kier alpha value is -1.84. The molecule has 1 aliphatic rings. The molecule has 0 spiro atoms. The summed E-state index contributed by atoms with van der Waals surface area (Å²) in [6.45, 7) is 3.29. The predicted octanol–water partition coefficient (Wildman–Crippen LogP) is -0.0783. The number of hydrogen-bond acceptors (Lipinski definition) is 6. The highest BCUT2D eigenvalue weighted by atomic mass is 19.3. The Labute approximate surface area is 118 Å². The molecule has 3 N–H and O–H groups in total. The largest absolute Gasteiger partial charge is 0.384 e. The number of anilines is 1. The second-order valence-corrected chi connectivity index (χ2v) is 4.51. The van der Waals surface area contributed by atoms with Crippen molar-refractivity contribution in [2.24, 2.45) is 0 Å². The minimum absolute atomic E-state index is 0.0935. The Morgan fingerprint density at radius 3 is 3.00 bits per heavy atom. The summed E-state index contributed by atoms with van der Waals surface area (Å²) in [7, 11) is 0. The van der Waals surface area contributed by atoms with Crippen molar-refractivity contribution in [3.63, 3.8) is 0 Å². The highest BCUT2D eigenvalue weighted by Crippen LogP contribution is 2.42. The number of nitrogens with zero attached hydrogens (tertiary/aromatic N) is 2. The number of nitrogens with two attached hydrogens (primary N) is 1. The molecule has 116 valence electrons. The van der Waals surface area contributed by atoms with Crippen LogP contribution in [-0.2, 0) is 9.47 Å². The average molecular weight is 303 g/mol. The van der Waals surface area contributed by atoms with E-state index in [2.05, 4.69) is 11.6 Å². The quantitative estimate of drug-likeness (QED) is 0.583. The molecule has 0 bridgehead atoms. The Bertz CT molecular complexity index is 578. The molecule has 0 aromatic carbocycles. The number of rotatable bonds is 5. The number of aliphatic hydroxyl groups is 1. The van der Waals surface area contributed by atoms with Crippen LogP contribution in [0.15, 0.2) is 29.7 Å². The average Bonchev–Trinajstić information content (AvgIpc) is 2.63.